The average Bonchev–Trinajstić information content (AvgIpc) is 2.94. The molecular formula is C14H26N4O3. The summed E-state index contributed by atoms with van der Waals surface area (Å²) in [6.07, 6.45) is 2.03. The van der Waals surface area contributed by atoms with Gasteiger partial charge in [0.2, 0.25) is 11.8 Å². The lowest BCUT2D eigenvalue weighted by atomic mass is 9.89. The van der Waals surface area contributed by atoms with E-state index in [-0.39, 0.29) is 17.7 Å². The third-order valence-corrected chi connectivity index (χ3v) is 4.20. The number of carbonyl (C=O) groups excluding carboxylic acids is 3. The van der Waals surface area contributed by atoms with Gasteiger partial charge in [0.05, 0.1) is 0 Å². The van der Waals surface area contributed by atoms with Gasteiger partial charge in [-0.05, 0) is 26.2 Å². The second kappa shape index (κ2) is 6.89. The highest BCUT2D eigenvalue weighted by molar-refractivity contribution is 5.93. The molecule has 0 bridgehead atoms. The number of likely N-dealkylation sites (tertiary alicyclic amines) is 1. The molecule has 1 saturated heterocycles. The van der Waals surface area contributed by atoms with E-state index in [1.54, 1.807) is 6.92 Å². The second-order valence-electron chi connectivity index (χ2n) is 6.13. The number of hydrogen-bond acceptors (Lipinski definition) is 4. The highest BCUT2D eigenvalue weighted by atomic mass is 16.2. The Labute approximate surface area is 125 Å². The van der Waals surface area contributed by atoms with Crippen molar-refractivity contribution < 1.29 is 14.4 Å². The minimum Gasteiger partial charge on any atom is -0.344 e. The van der Waals surface area contributed by atoms with Crippen molar-refractivity contribution in [1.82, 2.24) is 15.6 Å². The highest BCUT2D eigenvalue weighted by Gasteiger charge is 2.37. The quantitative estimate of drug-likeness (QED) is 0.375. The van der Waals surface area contributed by atoms with Crippen LogP contribution in [0, 0.1) is 5.41 Å². The Hall–Kier alpha value is -1.63. The number of rotatable bonds is 5. The van der Waals surface area contributed by atoms with E-state index in [4.69, 9.17) is 5.84 Å². The molecule has 0 aliphatic carbocycles. The molecule has 7 heteroatoms. The summed E-state index contributed by atoms with van der Waals surface area (Å²) in [7, 11) is 0. The molecule has 120 valence electrons. The molecular weight excluding hydrogens is 272 g/mol. The van der Waals surface area contributed by atoms with Gasteiger partial charge in [0.15, 0.2) is 0 Å². The van der Waals surface area contributed by atoms with Gasteiger partial charge in [-0.3, -0.25) is 19.8 Å². The molecule has 1 aliphatic heterocycles. The molecule has 4 N–H and O–H groups in total. The molecule has 1 rings (SSSR count). The monoisotopic (exact) mass is 298 g/mol. The number of amides is 3. The lowest BCUT2D eigenvalue weighted by Gasteiger charge is -2.29. The van der Waals surface area contributed by atoms with Crippen LogP contribution in [0.2, 0.25) is 0 Å². The number of hydrogen-bond donors (Lipinski definition) is 3. The Morgan fingerprint density at radius 1 is 1.38 bits per heavy atom. The molecule has 0 aromatic rings. The molecule has 7 nitrogen and oxygen atoms in total. The summed E-state index contributed by atoms with van der Waals surface area (Å²) in [6.45, 7) is 7.74. The molecule has 0 unspecified atom stereocenters. The van der Waals surface area contributed by atoms with Crippen molar-refractivity contribution in [2.24, 2.45) is 11.3 Å². The standard InChI is InChI=1S/C14H26N4O3/c1-5-14(3,4)13(21)16-9(2)12(20)18-8-6-7-10(18)11(19)17-15/h9-10H,5-8,15H2,1-4H3,(H,16,21)(H,17,19)/t9-,10-/m0/s1. The molecule has 0 aromatic heterocycles. The molecule has 0 saturated carbocycles. The lowest BCUT2D eigenvalue weighted by molar-refractivity contribution is -0.142. The summed E-state index contributed by atoms with van der Waals surface area (Å²) >= 11 is 0. The molecule has 3 amide bonds. The van der Waals surface area contributed by atoms with Gasteiger partial charge >= 0.3 is 0 Å². The van der Waals surface area contributed by atoms with Gasteiger partial charge < -0.3 is 10.2 Å². The third kappa shape index (κ3) is 3.93. The van der Waals surface area contributed by atoms with Crippen molar-refractivity contribution in [1.29, 1.82) is 0 Å². The van der Waals surface area contributed by atoms with Crippen molar-refractivity contribution >= 4 is 17.7 Å². The first kappa shape index (κ1) is 17.4. The molecule has 1 aliphatic rings. The molecule has 2 atom stereocenters. The van der Waals surface area contributed by atoms with Crippen LogP contribution in [-0.2, 0) is 14.4 Å². The Kier molecular flexibility index (Phi) is 5.71. The maximum Gasteiger partial charge on any atom is 0.256 e. The molecule has 1 fully saturated rings. The van der Waals surface area contributed by atoms with Crippen LogP contribution < -0.4 is 16.6 Å². The topological polar surface area (TPSA) is 105 Å². The van der Waals surface area contributed by atoms with Crippen LogP contribution in [-0.4, -0.2) is 41.2 Å². The van der Waals surface area contributed by atoms with Crippen molar-refractivity contribution in [2.75, 3.05) is 6.54 Å². The van der Waals surface area contributed by atoms with E-state index in [0.717, 1.165) is 6.42 Å². The summed E-state index contributed by atoms with van der Waals surface area (Å²) in [5.41, 5.74) is 1.56. The van der Waals surface area contributed by atoms with Crippen molar-refractivity contribution in [3.63, 3.8) is 0 Å². The minimum absolute atomic E-state index is 0.162. The smallest absolute Gasteiger partial charge is 0.256 e. The average molecular weight is 298 g/mol. The zero-order valence-electron chi connectivity index (χ0n) is 13.2. The van der Waals surface area contributed by atoms with Gasteiger partial charge in [0.25, 0.3) is 5.91 Å². The first-order chi connectivity index (χ1) is 9.74. The number of nitrogens with two attached hydrogens (primary N) is 1. The van der Waals surface area contributed by atoms with Crippen LogP contribution >= 0.6 is 0 Å². The van der Waals surface area contributed by atoms with Crippen LogP contribution in [0.3, 0.4) is 0 Å². The number of carbonyl (C=O) groups is 3. The maximum absolute atomic E-state index is 12.4. The van der Waals surface area contributed by atoms with Crippen molar-refractivity contribution in [3.8, 4) is 0 Å². The number of nitrogens with one attached hydrogen (secondary N) is 2. The predicted molar refractivity (Wildman–Crippen MR) is 78.7 cm³/mol. The fourth-order valence-corrected chi connectivity index (χ4v) is 2.26. The van der Waals surface area contributed by atoms with Crippen LogP contribution in [0.15, 0.2) is 0 Å². The highest BCUT2D eigenvalue weighted by Crippen LogP contribution is 2.21. The van der Waals surface area contributed by atoms with Gasteiger partial charge in [-0.1, -0.05) is 20.8 Å². The zero-order valence-corrected chi connectivity index (χ0v) is 13.2. The normalized spacial score (nSPS) is 20.0. The lowest BCUT2D eigenvalue weighted by Crippen LogP contribution is -2.54. The molecule has 1 heterocycles. The summed E-state index contributed by atoms with van der Waals surface area (Å²) in [5.74, 6) is 4.36. The maximum atomic E-state index is 12.4. The second-order valence-corrected chi connectivity index (χ2v) is 6.13. The number of nitrogens with zero attached hydrogens (tertiary/aromatic N) is 1. The van der Waals surface area contributed by atoms with Crippen LogP contribution in [0.25, 0.3) is 0 Å². The summed E-state index contributed by atoms with van der Waals surface area (Å²) in [5, 5.41) is 2.73. The first-order valence-corrected chi connectivity index (χ1v) is 7.36. The van der Waals surface area contributed by atoms with E-state index in [9.17, 15) is 14.4 Å². The Balaban J connectivity index is 2.70. The summed E-state index contributed by atoms with van der Waals surface area (Å²) in [4.78, 5) is 37.7. The van der Waals surface area contributed by atoms with Gasteiger partial charge in [-0.2, -0.15) is 0 Å². The van der Waals surface area contributed by atoms with E-state index < -0.39 is 17.5 Å². The summed E-state index contributed by atoms with van der Waals surface area (Å²) in [6, 6.07) is -1.20. The van der Waals surface area contributed by atoms with Crippen molar-refractivity contribution in [2.45, 2.75) is 59.0 Å². The number of hydrazine groups is 1. The van der Waals surface area contributed by atoms with Gasteiger partial charge in [0, 0.05) is 12.0 Å². The third-order valence-electron chi connectivity index (χ3n) is 4.20. The molecule has 21 heavy (non-hydrogen) atoms. The molecule has 0 spiro atoms. The van der Waals surface area contributed by atoms with Crippen molar-refractivity contribution in [3.05, 3.63) is 0 Å². The van der Waals surface area contributed by atoms with Crippen LogP contribution in [0.4, 0.5) is 0 Å². The van der Waals surface area contributed by atoms with E-state index >= 15 is 0 Å². The fraction of sp³-hybridized carbons (Fsp3) is 0.786. The minimum atomic E-state index is -0.658. The van der Waals surface area contributed by atoms with Gasteiger partial charge in [0.1, 0.15) is 12.1 Å². The SMILES string of the molecule is CCC(C)(C)C(=O)N[C@@H](C)C(=O)N1CCC[C@H]1C(=O)NN. The van der Waals surface area contributed by atoms with E-state index in [2.05, 4.69) is 10.7 Å². The van der Waals surface area contributed by atoms with E-state index in [1.807, 2.05) is 20.8 Å². The van der Waals surface area contributed by atoms with E-state index in [1.165, 1.54) is 4.90 Å². The fourth-order valence-electron chi connectivity index (χ4n) is 2.26. The van der Waals surface area contributed by atoms with E-state index in [0.29, 0.717) is 19.4 Å². The summed E-state index contributed by atoms with van der Waals surface area (Å²) < 4.78 is 0. The predicted octanol–water partition coefficient (Wildman–Crippen LogP) is -0.0918. The van der Waals surface area contributed by atoms with Gasteiger partial charge in [-0.15, -0.1) is 0 Å². The Bertz CT molecular complexity index is 422. The molecule has 0 radical (unpaired) electrons. The Morgan fingerprint density at radius 2 is 2.00 bits per heavy atom. The zero-order chi connectivity index (χ0) is 16.2. The largest absolute Gasteiger partial charge is 0.344 e. The van der Waals surface area contributed by atoms with Crippen LogP contribution in [0.1, 0.15) is 47.0 Å². The van der Waals surface area contributed by atoms with Crippen LogP contribution in [0.5, 0.6) is 0 Å². The molecule has 0 aromatic carbocycles. The van der Waals surface area contributed by atoms with Gasteiger partial charge in [-0.25, -0.2) is 5.84 Å². The Morgan fingerprint density at radius 3 is 2.52 bits per heavy atom. The first-order valence-electron chi connectivity index (χ1n) is 7.36.